The number of nitrogens with zero attached hydrogens (tertiary/aromatic N) is 2. The van der Waals surface area contributed by atoms with Crippen molar-refractivity contribution in [3.8, 4) is 12.3 Å². The summed E-state index contributed by atoms with van der Waals surface area (Å²) in [4.78, 5) is 4.77. The van der Waals surface area contributed by atoms with Crippen molar-refractivity contribution in [3.63, 3.8) is 0 Å². The van der Waals surface area contributed by atoms with E-state index >= 15 is 0 Å². The Morgan fingerprint density at radius 3 is 2.54 bits per heavy atom. The van der Waals surface area contributed by atoms with Gasteiger partial charge in [0.1, 0.15) is 0 Å². The van der Waals surface area contributed by atoms with Crippen molar-refractivity contribution in [2.45, 2.75) is 18.6 Å². The Morgan fingerprint density at radius 2 is 2.08 bits per heavy atom. The zero-order valence-corrected chi connectivity index (χ0v) is 7.82. The number of hydrogen-bond acceptors (Lipinski definition) is 3. The van der Waals surface area contributed by atoms with E-state index in [-0.39, 0.29) is 12.1 Å². The lowest BCUT2D eigenvalue weighted by atomic mass is 10.0. The van der Waals surface area contributed by atoms with Crippen LogP contribution in [-0.2, 0) is 0 Å². The van der Waals surface area contributed by atoms with Crippen LogP contribution in [0.3, 0.4) is 0 Å². The topological polar surface area (TPSA) is 26.7 Å². The van der Waals surface area contributed by atoms with Gasteiger partial charge in [0.15, 0.2) is 0 Å². The van der Waals surface area contributed by atoms with Crippen molar-refractivity contribution >= 4 is 0 Å². The largest absolute Gasteiger partial charge is 0.390 e. The van der Waals surface area contributed by atoms with Crippen LogP contribution in [0.4, 0.5) is 0 Å². The van der Waals surface area contributed by atoms with Crippen molar-refractivity contribution in [1.29, 1.82) is 0 Å². The monoisotopic (exact) mass is 180 g/mol. The zero-order valence-electron chi connectivity index (χ0n) is 7.82. The van der Waals surface area contributed by atoms with Gasteiger partial charge >= 0.3 is 0 Å². The van der Waals surface area contributed by atoms with Crippen LogP contribution < -0.4 is 0 Å². The van der Waals surface area contributed by atoms with Crippen LogP contribution in [0.15, 0.2) is 0 Å². The highest BCUT2D eigenvalue weighted by atomic mass is 16.3. The Bertz CT molecular complexity index is 215. The molecule has 3 fully saturated rings. The van der Waals surface area contributed by atoms with Gasteiger partial charge in [0.05, 0.1) is 6.10 Å². The first kappa shape index (κ1) is 9.01. The number of hydrogen-bond donors (Lipinski definition) is 1. The van der Waals surface area contributed by atoms with E-state index in [0.29, 0.717) is 6.42 Å². The maximum atomic E-state index is 9.79. The van der Waals surface area contributed by atoms with Gasteiger partial charge in [-0.1, -0.05) is 0 Å². The van der Waals surface area contributed by atoms with Crippen molar-refractivity contribution in [2.24, 2.45) is 0 Å². The lowest BCUT2D eigenvalue weighted by Gasteiger charge is -2.48. The average molecular weight is 180 g/mol. The Hall–Kier alpha value is -0.560. The lowest BCUT2D eigenvalue weighted by Crippen LogP contribution is -2.64. The second-order valence-electron chi connectivity index (χ2n) is 3.88. The Morgan fingerprint density at radius 1 is 1.38 bits per heavy atom. The molecule has 2 atom stereocenters. The number of fused-ring (bicyclic) bond motifs is 3. The second-order valence-corrected chi connectivity index (χ2v) is 3.88. The molecule has 3 rings (SSSR count). The molecule has 3 aliphatic rings. The molecule has 3 saturated heterocycles. The molecule has 13 heavy (non-hydrogen) atoms. The minimum atomic E-state index is -0.340. The van der Waals surface area contributed by atoms with E-state index in [1.54, 1.807) is 0 Å². The number of aliphatic hydroxyl groups is 1. The van der Waals surface area contributed by atoms with Crippen LogP contribution in [0.2, 0.25) is 0 Å². The normalized spacial score (nSPS) is 39.8. The molecule has 3 aliphatic heterocycles. The van der Waals surface area contributed by atoms with Gasteiger partial charge < -0.3 is 5.11 Å². The molecule has 1 N–H and O–H groups in total. The number of rotatable bonds is 2. The fraction of sp³-hybridized carbons (Fsp3) is 0.800. The third kappa shape index (κ3) is 1.71. The highest BCUT2D eigenvalue weighted by Crippen LogP contribution is 2.19. The van der Waals surface area contributed by atoms with Gasteiger partial charge in [-0.15, -0.1) is 12.3 Å². The van der Waals surface area contributed by atoms with Crippen molar-refractivity contribution < 1.29 is 5.11 Å². The summed E-state index contributed by atoms with van der Waals surface area (Å²) in [5, 5.41) is 9.79. The summed E-state index contributed by atoms with van der Waals surface area (Å²) in [6.07, 6.45) is 5.33. The number of aliphatic hydroxyl groups excluding tert-OH is 1. The van der Waals surface area contributed by atoms with Crippen molar-refractivity contribution in [1.82, 2.24) is 9.80 Å². The molecule has 0 spiro atoms. The van der Waals surface area contributed by atoms with Gasteiger partial charge in [-0.05, 0) is 0 Å². The third-order valence-corrected chi connectivity index (χ3v) is 3.09. The molecule has 3 heterocycles. The molecule has 0 aromatic heterocycles. The Labute approximate surface area is 79.3 Å². The summed E-state index contributed by atoms with van der Waals surface area (Å²) in [6, 6.07) is 0.276. The summed E-state index contributed by atoms with van der Waals surface area (Å²) in [6.45, 7) is 5.47. The third-order valence-electron chi connectivity index (χ3n) is 3.09. The SMILES string of the molecule is C#CCC(O)C1CN2CCN1CC2. The van der Waals surface area contributed by atoms with Gasteiger partial charge in [0.25, 0.3) is 0 Å². The molecule has 0 aliphatic carbocycles. The highest BCUT2D eigenvalue weighted by molar-refractivity contribution is 4.97. The molecular formula is C10H16N2O. The first-order valence-corrected chi connectivity index (χ1v) is 4.89. The molecule has 0 aromatic carbocycles. The average Bonchev–Trinajstić information content (AvgIpc) is 2.20. The molecule has 2 bridgehead atoms. The van der Waals surface area contributed by atoms with Crippen LogP contribution in [0.5, 0.6) is 0 Å². The van der Waals surface area contributed by atoms with Crippen LogP contribution in [0.1, 0.15) is 6.42 Å². The van der Waals surface area contributed by atoms with Crippen LogP contribution in [0, 0.1) is 12.3 Å². The molecule has 0 saturated carbocycles. The molecule has 2 unspecified atom stereocenters. The summed E-state index contributed by atoms with van der Waals surface area (Å²) >= 11 is 0. The van der Waals surface area contributed by atoms with Crippen LogP contribution >= 0.6 is 0 Å². The molecule has 0 aromatic rings. The van der Waals surface area contributed by atoms with Crippen molar-refractivity contribution in [3.05, 3.63) is 0 Å². The van der Waals surface area contributed by atoms with E-state index in [0.717, 1.165) is 32.7 Å². The first-order chi connectivity index (χ1) is 6.31. The number of terminal acetylenes is 1. The molecular weight excluding hydrogens is 164 g/mol. The first-order valence-electron chi connectivity index (χ1n) is 4.89. The minimum absolute atomic E-state index is 0.276. The van der Waals surface area contributed by atoms with E-state index < -0.39 is 0 Å². The van der Waals surface area contributed by atoms with Gasteiger partial charge in [0, 0.05) is 45.2 Å². The van der Waals surface area contributed by atoms with Gasteiger partial charge in [-0.2, -0.15) is 0 Å². The fourth-order valence-electron chi connectivity index (χ4n) is 2.28. The second kappa shape index (κ2) is 3.67. The van der Waals surface area contributed by atoms with Crippen LogP contribution in [-0.4, -0.2) is 59.8 Å². The predicted molar refractivity (Wildman–Crippen MR) is 51.3 cm³/mol. The molecule has 3 heteroatoms. The van der Waals surface area contributed by atoms with Gasteiger partial charge in [-0.3, -0.25) is 9.80 Å². The maximum absolute atomic E-state index is 9.79. The Balaban J connectivity index is 1.97. The van der Waals surface area contributed by atoms with Gasteiger partial charge in [0.2, 0.25) is 0 Å². The molecule has 0 radical (unpaired) electrons. The van der Waals surface area contributed by atoms with Crippen LogP contribution in [0.25, 0.3) is 0 Å². The zero-order chi connectivity index (χ0) is 9.26. The summed E-state index contributed by atoms with van der Waals surface area (Å²) in [7, 11) is 0. The maximum Gasteiger partial charge on any atom is 0.0816 e. The lowest BCUT2D eigenvalue weighted by molar-refractivity contribution is -0.0439. The quantitative estimate of drug-likeness (QED) is 0.573. The summed E-state index contributed by atoms with van der Waals surface area (Å²) in [5.41, 5.74) is 0. The molecule has 3 nitrogen and oxygen atoms in total. The van der Waals surface area contributed by atoms with E-state index in [9.17, 15) is 5.11 Å². The predicted octanol–water partition coefficient (Wildman–Crippen LogP) is -0.630. The standard InChI is InChI=1S/C10H16N2O/c1-2-3-10(13)9-8-11-4-6-12(9)7-5-11/h1,9-10,13H,3-8H2. The highest BCUT2D eigenvalue weighted by Gasteiger charge is 2.35. The summed E-state index contributed by atoms with van der Waals surface area (Å²) in [5.74, 6) is 2.53. The smallest absolute Gasteiger partial charge is 0.0816 e. The van der Waals surface area contributed by atoms with E-state index in [1.165, 1.54) is 0 Å². The minimum Gasteiger partial charge on any atom is -0.390 e. The van der Waals surface area contributed by atoms with E-state index in [4.69, 9.17) is 6.42 Å². The molecule has 72 valence electrons. The van der Waals surface area contributed by atoms with E-state index in [1.807, 2.05) is 0 Å². The molecule has 0 amide bonds. The van der Waals surface area contributed by atoms with E-state index in [2.05, 4.69) is 15.7 Å². The Kier molecular flexibility index (Phi) is 2.54. The number of piperazine rings is 3. The summed E-state index contributed by atoms with van der Waals surface area (Å²) < 4.78 is 0. The van der Waals surface area contributed by atoms with Gasteiger partial charge in [-0.25, -0.2) is 0 Å². The fourth-order valence-corrected chi connectivity index (χ4v) is 2.28. The van der Waals surface area contributed by atoms with Crippen molar-refractivity contribution in [2.75, 3.05) is 32.7 Å².